The summed E-state index contributed by atoms with van der Waals surface area (Å²) in [6, 6.07) is 4.32. The van der Waals surface area contributed by atoms with Crippen molar-refractivity contribution in [2.45, 2.75) is 102 Å². The highest BCUT2D eigenvalue weighted by Gasteiger charge is 2.62. The van der Waals surface area contributed by atoms with E-state index >= 15 is 0 Å². The third-order valence-electron chi connectivity index (χ3n) is 8.98. The molecule has 1 unspecified atom stereocenters. The molecule has 18 heteroatoms. The molecule has 17 nitrogen and oxygen atoms in total. The van der Waals surface area contributed by atoms with Crippen LogP contribution in [0.2, 0.25) is 0 Å². The third-order valence-corrected chi connectivity index (χ3v) is 10.8. The average molecular weight is 743 g/mol. The number of ether oxygens (including phenoxy) is 2. The first kappa shape index (κ1) is 38.2. The number of amides is 5. The predicted octanol–water partition coefficient (Wildman–Crippen LogP) is 2.60. The number of hydrogen-bond donors (Lipinski definition) is 5. The molecule has 5 rings (SSSR count). The van der Waals surface area contributed by atoms with Crippen LogP contribution < -0.4 is 20.7 Å². The monoisotopic (exact) mass is 742 g/mol. The zero-order valence-electron chi connectivity index (χ0n) is 30.0. The smallest absolute Gasteiger partial charge is 0.411 e. The second kappa shape index (κ2) is 14.2. The largest absolute Gasteiger partial charge is 0.444 e. The number of para-hydroxylation sites is 1. The lowest BCUT2D eigenvalue weighted by molar-refractivity contribution is -0.143. The Hall–Kier alpha value is -5.00. The van der Waals surface area contributed by atoms with Crippen LogP contribution >= 0.6 is 0 Å². The third kappa shape index (κ3) is 8.71. The molecule has 0 bridgehead atoms. The fourth-order valence-corrected chi connectivity index (χ4v) is 7.42. The molecule has 3 fully saturated rings. The quantitative estimate of drug-likeness (QED) is 0.210. The van der Waals surface area contributed by atoms with E-state index < -0.39 is 85.8 Å². The molecular weight excluding hydrogens is 696 g/mol. The molecule has 2 saturated carbocycles. The van der Waals surface area contributed by atoms with Gasteiger partial charge in [0.2, 0.25) is 21.8 Å². The Morgan fingerprint density at radius 1 is 1.08 bits per heavy atom. The molecule has 0 radical (unpaired) electrons. The highest BCUT2D eigenvalue weighted by atomic mass is 32.2. The molecule has 282 valence electrons. The fourth-order valence-electron chi connectivity index (χ4n) is 6.06. The lowest BCUT2D eigenvalue weighted by Gasteiger charge is -2.36. The van der Waals surface area contributed by atoms with E-state index in [1.54, 1.807) is 65.8 Å². The lowest BCUT2D eigenvalue weighted by atomic mass is 9.85. The van der Waals surface area contributed by atoms with Crippen LogP contribution in [-0.4, -0.2) is 99.5 Å². The van der Waals surface area contributed by atoms with Gasteiger partial charge < -0.3 is 25.0 Å². The van der Waals surface area contributed by atoms with Gasteiger partial charge in [0.15, 0.2) is 5.82 Å². The Morgan fingerprint density at radius 3 is 2.35 bits per heavy atom. The molecular formula is C34H46N8O9S. The van der Waals surface area contributed by atoms with Crippen molar-refractivity contribution in [3.05, 3.63) is 43.2 Å². The SMILES string of the molecule is C=CC1C[C@]1(NC(=O)[C@@H]1C[C@@H](OC(=O)Nc2ccccc2-c2ncn[nH]2)CN1C(=O)[C@@H](NC(=O)OC(C)(C)C)C(C)(C)C)C(=O)NS(=O)(=O)C1CC1. The van der Waals surface area contributed by atoms with Gasteiger partial charge in [-0.05, 0) is 57.6 Å². The van der Waals surface area contributed by atoms with Gasteiger partial charge in [-0.25, -0.2) is 23.0 Å². The van der Waals surface area contributed by atoms with Crippen molar-refractivity contribution in [2.24, 2.45) is 11.3 Å². The van der Waals surface area contributed by atoms with E-state index in [4.69, 9.17) is 9.47 Å². The van der Waals surface area contributed by atoms with Crippen LogP contribution in [0, 0.1) is 11.3 Å². The fraction of sp³-hybridized carbons (Fsp3) is 0.559. The summed E-state index contributed by atoms with van der Waals surface area (Å²) in [6.07, 6.45) is 0.820. The lowest BCUT2D eigenvalue weighted by Crippen LogP contribution is -2.60. The summed E-state index contributed by atoms with van der Waals surface area (Å²) in [6.45, 7) is 13.7. The van der Waals surface area contributed by atoms with E-state index in [1.165, 1.54) is 17.3 Å². The Bertz CT molecular complexity index is 1830. The number of anilines is 1. The molecule has 52 heavy (non-hydrogen) atoms. The number of H-pyrrole nitrogens is 1. The molecule has 2 heterocycles. The summed E-state index contributed by atoms with van der Waals surface area (Å²) in [7, 11) is -3.93. The van der Waals surface area contributed by atoms with Crippen molar-refractivity contribution in [2.75, 3.05) is 11.9 Å². The van der Waals surface area contributed by atoms with Gasteiger partial charge in [0.05, 0.1) is 17.5 Å². The minimum absolute atomic E-state index is 0.0900. The average Bonchev–Trinajstić information content (AvgIpc) is 3.91. The number of rotatable bonds is 11. The number of sulfonamides is 1. The first-order chi connectivity index (χ1) is 24.2. The summed E-state index contributed by atoms with van der Waals surface area (Å²) in [4.78, 5) is 73.3. The molecule has 1 aromatic heterocycles. The number of carbonyl (C=O) groups excluding carboxylic acids is 5. The van der Waals surface area contributed by atoms with Gasteiger partial charge >= 0.3 is 12.2 Å². The zero-order chi connectivity index (χ0) is 38.2. The normalized spacial score (nSPS) is 23.5. The summed E-state index contributed by atoms with van der Waals surface area (Å²) in [5.74, 6) is -2.51. The molecule has 1 saturated heterocycles. The molecule has 2 aromatic rings. The number of hydrogen-bond acceptors (Lipinski definition) is 11. The van der Waals surface area contributed by atoms with Crippen molar-refractivity contribution in [1.82, 2.24) is 35.4 Å². The second-order valence-electron chi connectivity index (χ2n) is 15.4. The molecule has 5 atom stereocenters. The van der Waals surface area contributed by atoms with Crippen LogP contribution in [0.3, 0.4) is 0 Å². The molecule has 5 amide bonds. The van der Waals surface area contributed by atoms with Gasteiger partial charge in [-0.3, -0.25) is 29.5 Å². The number of aromatic nitrogens is 3. The Labute approximate surface area is 302 Å². The maximum absolute atomic E-state index is 14.3. The van der Waals surface area contributed by atoms with E-state index in [-0.39, 0.29) is 19.4 Å². The Balaban J connectivity index is 1.39. The van der Waals surface area contributed by atoms with Crippen LogP contribution in [0.5, 0.6) is 0 Å². The second-order valence-corrected chi connectivity index (χ2v) is 17.4. The maximum Gasteiger partial charge on any atom is 0.411 e. The molecule has 0 spiro atoms. The topological polar surface area (TPSA) is 231 Å². The number of alkyl carbamates (subject to hydrolysis) is 1. The van der Waals surface area contributed by atoms with Gasteiger partial charge in [-0.1, -0.05) is 39.0 Å². The Morgan fingerprint density at radius 2 is 1.77 bits per heavy atom. The number of likely N-dealkylation sites (tertiary alicyclic amines) is 1. The number of carbonyl (C=O) groups is 5. The van der Waals surface area contributed by atoms with Crippen LogP contribution in [0.1, 0.15) is 67.2 Å². The van der Waals surface area contributed by atoms with Crippen LogP contribution in [0.4, 0.5) is 15.3 Å². The zero-order valence-corrected chi connectivity index (χ0v) is 30.8. The van der Waals surface area contributed by atoms with Crippen molar-refractivity contribution >= 4 is 45.6 Å². The van der Waals surface area contributed by atoms with Gasteiger partial charge in [0.1, 0.15) is 35.7 Å². The number of benzene rings is 1. The van der Waals surface area contributed by atoms with E-state index in [9.17, 15) is 32.4 Å². The minimum Gasteiger partial charge on any atom is -0.444 e. The number of nitrogens with one attached hydrogen (secondary N) is 5. The van der Waals surface area contributed by atoms with Crippen molar-refractivity contribution in [3.8, 4) is 11.4 Å². The molecule has 1 aromatic carbocycles. The first-order valence-electron chi connectivity index (χ1n) is 17.0. The number of aromatic amines is 1. The summed E-state index contributed by atoms with van der Waals surface area (Å²) < 4.78 is 38.5. The Kier molecular flexibility index (Phi) is 10.4. The van der Waals surface area contributed by atoms with Gasteiger partial charge in [0, 0.05) is 17.9 Å². The summed E-state index contributed by atoms with van der Waals surface area (Å²) >= 11 is 0. The van der Waals surface area contributed by atoms with Gasteiger partial charge in [-0.2, -0.15) is 5.10 Å². The van der Waals surface area contributed by atoms with Gasteiger partial charge in [-0.15, -0.1) is 6.58 Å². The highest BCUT2D eigenvalue weighted by molar-refractivity contribution is 7.91. The van der Waals surface area contributed by atoms with Crippen molar-refractivity contribution in [3.63, 3.8) is 0 Å². The van der Waals surface area contributed by atoms with Crippen molar-refractivity contribution in [1.29, 1.82) is 0 Å². The van der Waals surface area contributed by atoms with Crippen LogP contribution in [-0.2, 0) is 33.9 Å². The van der Waals surface area contributed by atoms with Crippen LogP contribution in [0.15, 0.2) is 43.2 Å². The standard InChI is InChI=1S/C34H46N8O9S/c1-8-19-16-34(19,29(45)41-52(48,49)21-13-14-21)39-27(43)24-15-20(50-30(46)37-23-12-10-9-11-22(23)26-35-18-36-40-26)17-42(24)28(44)25(32(2,3)4)38-31(47)51-33(5,6)7/h8-12,18-21,24-25H,1,13-17H2,2-7H3,(H,37,46)(H,38,47)(H,39,43)(H,41,45)(H,35,36,40)/t19?,20-,24+,25-,34-/m1/s1. The van der Waals surface area contributed by atoms with Gasteiger partial charge in [0.25, 0.3) is 5.91 Å². The summed E-state index contributed by atoms with van der Waals surface area (Å²) in [5.41, 5.74) is -2.46. The molecule has 3 aliphatic rings. The highest BCUT2D eigenvalue weighted by Crippen LogP contribution is 2.45. The van der Waals surface area contributed by atoms with E-state index in [2.05, 4.69) is 42.4 Å². The maximum atomic E-state index is 14.3. The van der Waals surface area contributed by atoms with E-state index in [0.29, 0.717) is 29.9 Å². The molecule has 2 aliphatic carbocycles. The van der Waals surface area contributed by atoms with Crippen molar-refractivity contribution < 1.29 is 41.9 Å². The summed E-state index contributed by atoms with van der Waals surface area (Å²) in [5, 5.41) is 13.9. The first-order valence-corrected chi connectivity index (χ1v) is 18.5. The predicted molar refractivity (Wildman–Crippen MR) is 188 cm³/mol. The van der Waals surface area contributed by atoms with E-state index in [0.717, 1.165) is 0 Å². The number of nitrogens with zero attached hydrogens (tertiary/aromatic N) is 3. The minimum atomic E-state index is -3.93. The molecule has 1 aliphatic heterocycles. The molecule has 5 N–H and O–H groups in total. The van der Waals surface area contributed by atoms with E-state index in [1.807, 2.05) is 0 Å². The van der Waals surface area contributed by atoms with Crippen LogP contribution in [0.25, 0.3) is 11.4 Å².